The SMILES string of the molecule is CC(CCNC(=S)NCCC(C)(C(=O)O)c1ccccc1)(C(=O)O)c1ccccc1. The number of rotatable bonds is 10. The van der Waals surface area contributed by atoms with Gasteiger partial charge in [0, 0.05) is 13.1 Å². The molecule has 0 aliphatic carbocycles. The fraction of sp³-hybridized carbons (Fsp3) is 0.348. The molecule has 0 saturated heterocycles. The summed E-state index contributed by atoms with van der Waals surface area (Å²) in [5, 5.41) is 25.8. The molecule has 2 rings (SSSR count). The van der Waals surface area contributed by atoms with Gasteiger partial charge in [-0.25, -0.2) is 0 Å². The van der Waals surface area contributed by atoms with E-state index in [4.69, 9.17) is 12.2 Å². The van der Waals surface area contributed by atoms with Crippen molar-refractivity contribution in [1.82, 2.24) is 10.6 Å². The lowest BCUT2D eigenvalue weighted by molar-refractivity contribution is -0.144. The van der Waals surface area contributed by atoms with Crippen LogP contribution in [-0.2, 0) is 20.4 Å². The Morgan fingerprint density at radius 2 is 1.10 bits per heavy atom. The number of hydrogen-bond acceptors (Lipinski definition) is 3. The number of aliphatic carboxylic acids is 2. The topological polar surface area (TPSA) is 98.7 Å². The molecule has 0 fully saturated rings. The smallest absolute Gasteiger partial charge is 0.313 e. The summed E-state index contributed by atoms with van der Waals surface area (Å²) in [4.78, 5) is 23.7. The minimum Gasteiger partial charge on any atom is -0.481 e. The second-order valence-electron chi connectivity index (χ2n) is 7.69. The summed E-state index contributed by atoms with van der Waals surface area (Å²) in [6.07, 6.45) is 0.704. The largest absolute Gasteiger partial charge is 0.481 e. The molecule has 7 heteroatoms. The summed E-state index contributed by atoms with van der Waals surface area (Å²) in [7, 11) is 0. The Kier molecular flexibility index (Phi) is 7.94. The molecule has 6 nitrogen and oxygen atoms in total. The van der Waals surface area contributed by atoms with Crippen molar-refractivity contribution in [2.45, 2.75) is 37.5 Å². The van der Waals surface area contributed by atoms with Crippen LogP contribution < -0.4 is 10.6 Å². The molecule has 0 heterocycles. The van der Waals surface area contributed by atoms with Gasteiger partial charge in [0.15, 0.2) is 5.11 Å². The Balaban J connectivity index is 1.87. The van der Waals surface area contributed by atoms with Gasteiger partial charge in [-0.2, -0.15) is 0 Å². The van der Waals surface area contributed by atoms with Gasteiger partial charge in [-0.1, -0.05) is 60.7 Å². The standard InChI is InChI=1S/C23H28N2O4S/c1-22(19(26)27,17-9-5-3-6-10-17)13-15-24-21(30)25-16-14-23(2,20(28)29)18-11-7-4-8-12-18/h3-12H,13-16H2,1-2H3,(H,26,27)(H,28,29)(H2,24,25,30). The Morgan fingerprint density at radius 1 is 0.767 bits per heavy atom. The van der Waals surface area contributed by atoms with Crippen LogP contribution in [0.4, 0.5) is 0 Å². The molecule has 30 heavy (non-hydrogen) atoms. The maximum atomic E-state index is 11.8. The third-order valence-corrected chi connectivity index (χ3v) is 5.88. The second-order valence-corrected chi connectivity index (χ2v) is 8.10. The van der Waals surface area contributed by atoms with Gasteiger partial charge in [0.2, 0.25) is 0 Å². The van der Waals surface area contributed by atoms with Crippen LogP contribution in [0.25, 0.3) is 0 Å². The van der Waals surface area contributed by atoms with Crippen LogP contribution in [0.3, 0.4) is 0 Å². The minimum absolute atomic E-state index is 0.352. The quantitative estimate of drug-likeness (QED) is 0.431. The molecule has 4 N–H and O–H groups in total. The van der Waals surface area contributed by atoms with E-state index < -0.39 is 22.8 Å². The van der Waals surface area contributed by atoms with E-state index in [0.29, 0.717) is 31.0 Å². The lowest BCUT2D eigenvalue weighted by Gasteiger charge is -2.27. The van der Waals surface area contributed by atoms with E-state index in [-0.39, 0.29) is 0 Å². The first kappa shape index (κ1) is 23.3. The average molecular weight is 429 g/mol. The van der Waals surface area contributed by atoms with Gasteiger partial charge in [0.1, 0.15) is 0 Å². The Bertz CT molecular complexity index is 804. The molecule has 0 radical (unpaired) electrons. The minimum atomic E-state index is -1.03. The molecule has 0 amide bonds. The van der Waals surface area contributed by atoms with Crippen LogP contribution in [0.2, 0.25) is 0 Å². The van der Waals surface area contributed by atoms with E-state index in [0.717, 1.165) is 11.1 Å². The fourth-order valence-electron chi connectivity index (χ4n) is 3.28. The van der Waals surface area contributed by atoms with Crippen LogP contribution >= 0.6 is 12.2 Å². The van der Waals surface area contributed by atoms with Crippen molar-refractivity contribution in [2.24, 2.45) is 0 Å². The van der Waals surface area contributed by atoms with E-state index in [1.54, 1.807) is 38.1 Å². The molecule has 0 aliphatic rings. The predicted molar refractivity (Wildman–Crippen MR) is 121 cm³/mol. The van der Waals surface area contributed by atoms with Gasteiger partial charge in [0.05, 0.1) is 10.8 Å². The lowest BCUT2D eigenvalue weighted by Crippen LogP contribution is -2.42. The summed E-state index contributed by atoms with van der Waals surface area (Å²) in [6.45, 7) is 4.14. The number of hydrogen-bond donors (Lipinski definition) is 4. The summed E-state index contributed by atoms with van der Waals surface area (Å²) < 4.78 is 0. The number of nitrogens with one attached hydrogen (secondary N) is 2. The van der Waals surface area contributed by atoms with Crippen LogP contribution in [0.1, 0.15) is 37.8 Å². The first-order valence-electron chi connectivity index (χ1n) is 9.80. The normalized spacial score (nSPS) is 14.7. The van der Waals surface area contributed by atoms with E-state index in [1.807, 2.05) is 36.4 Å². The summed E-state index contributed by atoms with van der Waals surface area (Å²) in [5.74, 6) is -1.79. The van der Waals surface area contributed by atoms with Gasteiger partial charge in [-0.15, -0.1) is 0 Å². The molecule has 0 aromatic heterocycles. The molecule has 0 aliphatic heterocycles. The zero-order valence-electron chi connectivity index (χ0n) is 17.2. The first-order valence-corrected chi connectivity index (χ1v) is 10.2. The molecular formula is C23H28N2O4S. The van der Waals surface area contributed by atoms with Crippen LogP contribution in [-0.4, -0.2) is 40.4 Å². The third-order valence-electron chi connectivity index (χ3n) is 5.59. The number of thiocarbonyl (C=S) groups is 1. The predicted octanol–water partition coefficient (Wildman–Crippen LogP) is 3.32. The van der Waals surface area contributed by atoms with Crippen LogP contribution in [0, 0.1) is 0 Å². The van der Waals surface area contributed by atoms with Gasteiger partial charge in [0.25, 0.3) is 0 Å². The Labute approximate surface area is 182 Å². The van der Waals surface area contributed by atoms with E-state index in [2.05, 4.69) is 10.6 Å². The molecule has 2 aromatic rings. The van der Waals surface area contributed by atoms with Crippen molar-refractivity contribution in [3.8, 4) is 0 Å². The third kappa shape index (κ3) is 5.57. The number of benzene rings is 2. The zero-order chi connectivity index (χ0) is 22.2. The highest BCUT2D eigenvalue weighted by molar-refractivity contribution is 7.80. The molecule has 160 valence electrons. The number of carboxylic acids is 2. The van der Waals surface area contributed by atoms with Crippen LogP contribution in [0.15, 0.2) is 60.7 Å². The maximum Gasteiger partial charge on any atom is 0.313 e. The average Bonchev–Trinajstić information content (AvgIpc) is 2.74. The second kappa shape index (κ2) is 10.2. The summed E-state index contributed by atoms with van der Waals surface area (Å²) in [5.41, 5.74) is -0.588. The Hall–Kier alpha value is -2.93. The van der Waals surface area contributed by atoms with Gasteiger partial charge < -0.3 is 20.8 Å². The lowest BCUT2D eigenvalue weighted by atomic mass is 9.79. The van der Waals surface area contributed by atoms with E-state index in [9.17, 15) is 19.8 Å². The highest BCUT2D eigenvalue weighted by Gasteiger charge is 2.35. The molecule has 2 unspecified atom stereocenters. The molecule has 0 bridgehead atoms. The van der Waals surface area contributed by atoms with Crippen molar-refractivity contribution in [3.05, 3.63) is 71.8 Å². The maximum absolute atomic E-state index is 11.8. The highest BCUT2D eigenvalue weighted by Crippen LogP contribution is 2.28. The summed E-state index contributed by atoms with van der Waals surface area (Å²) in [6, 6.07) is 18.2. The van der Waals surface area contributed by atoms with Crippen molar-refractivity contribution >= 4 is 29.3 Å². The van der Waals surface area contributed by atoms with E-state index in [1.165, 1.54) is 0 Å². The van der Waals surface area contributed by atoms with E-state index >= 15 is 0 Å². The van der Waals surface area contributed by atoms with Gasteiger partial charge in [-0.05, 0) is 50.0 Å². The first-order chi connectivity index (χ1) is 14.2. The van der Waals surface area contributed by atoms with Crippen molar-refractivity contribution < 1.29 is 19.8 Å². The Morgan fingerprint density at radius 3 is 1.40 bits per heavy atom. The molecule has 0 spiro atoms. The van der Waals surface area contributed by atoms with Gasteiger partial charge in [-0.3, -0.25) is 9.59 Å². The highest BCUT2D eigenvalue weighted by atomic mass is 32.1. The van der Waals surface area contributed by atoms with Crippen LogP contribution in [0.5, 0.6) is 0 Å². The molecule has 2 aromatic carbocycles. The molecular weight excluding hydrogens is 400 g/mol. The number of carbonyl (C=O) groups is 2. The van der Waals surface area contributed by atoms with Crippen molar-refractivity contribution in [1.29, 1.82) is 0 Å². The monoisotopic (exact) mass is 428 g/mol. The molecule has 2 atom stereocenters. The van der Waals surface area contributed by atoms with Crippen molar-refractivity contribution in [3.63, 3.8) is 0 Å². The molecule has 0 saturated carbocycles. The summed E-state index contributed by atoms with van der Waals surface area (Å²) >= 11 is 5.28. The zero-order valence-corrected chi connectivity index (χ0v) is 18.0. The van der Waals surface area contributed by atoms with Crippen molar-refractivity contribution in [2.75, 3.05) is 13.1 Å². The number of carboxylic acid groups (broad SMARTS) is 2. The fourth-order valence-corrected chi connectivity index (χ4v) is 3.48. The van der Waals surface area contributed by atoms with Gasteiger partial charge >= 0.3 is 11.9 Å².